The van der Waals surface area contributed by atoms with Gasteiger partial charge in [-0.2, -0.15) is 0 Å². The fraction of sp³-hybridized carbons (Fsp3) is 0.538. The smallest absolute Gasteiger partial charge is 0.0809 e. The van der Waals surface area contributed by atoms with Crippen molar-refractivity contribution in [3.63, 3.8) is 0 Å². The van der Waals surface area contributed by atoms with Gasteiger partial charge in [-0.3, -0.25) is 0 Å². The van der Waals surface area contributed by atoms with Crippen LogP contribution in [-0.2, 0) is 19.5 Å². The Hall–Kier alpha value is 0.273. The Kier molecular flexibility index (Phi) is 7.67. The van der Waals surface area contributed by atoms with Crippen LogP contribution in [0.25, 0.3) is 0 Å². The Bertz CT molecular complexity index is 251. The predicted octanol–water partition coefficient (Wildman–Crippen LogP) is 4.46. The fourth-order valence-electron chi connectivity index (χ4n) is 1.90. The normalized spacial score (nSPS) is 17.1. The van der Waals surface area contributed by atoms with Crippen molar-refractivity contribution in [3.8, 4) is 0 Å². The van der Waals surface area contributed by atoms with Gasteiger partial charge in [0.1, 0.15) is 0 Å². The van der Waals surface area contributed by atoms with E-state index < -0.39 is 7.26 Å². The van der Waals surface area contributed by atoms with Crippen LogP contribution in [0.2, 0.25) is 0 Å². The minimum Gasteiger partial charge on any atom is -0.0995 e. The van der Waals surface area contributed by atoms with Gasteiger partial charge in [0.25, 0.3) is 0 Å². The SMILES string of the molecule is C=CC[P+](C)(C)C1=CCCC=CCC1.[Rh]. The molecule has 0 spiro atoms. The molecule has 0 saturated carbocycles. The van der Waals surface area contributed by atoms with Crippen molar-refractivity contribution >= 4 is 7.26 Å². The van der Waals surface area contributed by atoms with Crippen molar-refractivity contribution in [2.45, 2.75) is 25.7 Å². The van der Waals surface area contributed by atoms with Gasteiger partial charge in [0.05, 0.1) is 24.8 Å². The van der Waals surface area contributed by atoms with Gasteiger partial charge in [-0.15, -0.1) is 0 Å². The van der Waals surface area contributed by atoms with E-state index in [2.05, 4.69) is 44.2 Å². The summed E-state index contributed by atoms with van der Waals surface area (Å²) < 4.78 is 0. The summed E-state index contributed by atoms with van der Waals surface area (Å²) in [7, 11) is -0.856. The van der Waals surface area contributed by atoms with Crippen molar-refractivity contribution in [2.24, 2.45) is 0 Å². The van der Waals surface area contributed by atoms with E-state index in [-0.39, 0.29) is 19.5 Å². The van der Waals surface area contributed by atoms with Gasteiger partial charge in [0, 0.05) is 33.2 Å². The van der Waals surface area contributed by atoms with E-state index in [1.54, 1.807) is 5.31 Å². The Morgan fingerprint density at radius 2 is 1.93 bits per heavy atom. The Labute approximate surface area is 108 Å². The molecule has 1 aliphatic carbocycles. The summed E-state index contributed by atoms with van der Waals surface area (Å²) >= 11 is 0. The first-order valence-corrected chi connectivity index (χ1v) is 8.32. The minimum atomic E-state index is -0.856. The molecule has 0 unspecified atom stereocenters. The molecule has 1 rings (SSSR count). The number of hydrogen-bond acceptors (Lipinski definition) is 0. The molecule has 0 nitrogen and oxygen atoms in total. The van der Waals surface area contributed by atoms with Gasteiger partial charge in [0.2, 0.25) is 0 Å². The van der Waals surface area contributed by atoms with Crippen molar-refractivity contribution in [3.05, 3.63) is 36.2 Å². The molecule has 15 heavy (non-hydrogen) atoms. The van der Waals surface area contributed by atoms with E-state index in [0.29, 0.717) is 0 Å². The first kappa shape index (κ1) is 15.3. The summed E-state index contributed by atoms with van der Waals surface area (Å²) in [5.74, 6) is 0. The fourth-order valence-corrected chi connectivity index (χ4v) is 4.14. The van der Waals surface area contributed by atoms with Crippen LogP contribution >= 0.6 is 7.26 Å². The van der Waals surface area contributed by atoms with Gasteiger partial charge in [-0.25, -0.2) is 0 Å². The molecule has 0 aliphatic heterocycles. The second-order valence-electron chi connectivity index (χ2n) is 4.44. The van der Waals surface area contributed by atoms with Crippen molar-refractivity contribution in [2.75, 3.05) is 19.5 Å². The Morgan fingerprint density at radius 3 is 2.60 bits per heavy atom. The molecule has 1 radical (unpaired) electrons. The molecule has 0 atom stereocenters. The molecule has 0 bridgehead atoms. The zero-order valence-corrected chi connectivity index (χ0v) is 12.4. The van der Waals surface area contributed by atoms with Crippen LogP contribution in [0.4, 0.5) is 0 Å². The molecule has 0 aromatic carbocycles. The zero-order chi connectivity index (χ0) is 10.4. The van der Waals surface area contributed by atoms with E-state index in [1.807, 2.05) is 0 Å². The van der Waals surface area contributed by atoms with Crippen LogP contribution in [0.5, 0.6) is 0 Å². The third kappa shape index (κ3) is 5.23. The third-order valence-electron chi connectivity index (χ3n) is 2.81. The first-order valence-electron chi connectivity index (χ1n) is 5.45. The molecular formula is C13H22PRh+. The maximum Gasteiger partial charge on any atom is 0.0809 e. The zero-order valence-electron chi connectivity index (χ0n) is 9.83. The Morgan fingerprint density at radius 1 is 1.27 bits per heavy atom. The summed E-state index contributed by atoms with van der Waals surface area (Å²) in [4.78, 5) is 0. The number of allylic oxidation sites excluding steroid dienone is 5. The van der Waals surface area contributed by atoms with Crippen molar-refractivity contribution in [1.29, 1.82) is 0 Å². The van der Waals surface area contributed by atoms with Crippen LogP contribution in [-0.4, -0.2) is 19.5 Å². The summed E-state index contributed by atoms with van der Waals surface area (Å²) in [6, 6.07) is 0. The van der Waals surface area contributed by atoms with E-state index >= 15 is 0 Å². The molecule has 87 valence electrons. The topological polar surface area (TPSA) is 0 Å². The molecule has 0 fully saturated rings. The molecule has 0 aromatic heterocycles. The molecule has 0 saturated heterocycles. The van der Waals surface area contributed by atoms with Crippen LogP contribution in [0.15, 0.2) is 36.2 Å². The predicted molar refractivity (Wildman–Crippen MR) is 69.5 cm³/mol. The van der Waals surface area contributed by atoms with Crippen molar-refractivity contribution < 1.29 is 19.5 Å². The number of hydrogen-bond donors (Lipinski definition) is 0. The quantitative estimate of drug-likeness (QED) is 0.410. The van der Waals surface area contributed by atoms with Crippen LogP contribution in [0.3, 0.4) is 0 Å². The Balaban J connectivity index is 0.00000196. The van der Waals surface area contributed by atoms with Gasteiger partial charge in [-0.05, 0) is 25.3 Å². The molecule has 1 aliphatic rings. The summed E-state index contributed by atoms with van der Waals surface area (Å²) in [5.41, 5.74) is 0. The summed E-state index contributed by atoms with van der Waals surface area (Å²) in [6.07, 6.45) is 15.4. The van der Waals surface area contributed by atoms with E-state index in [9.17, 15) is 0 Å². The van der Waals surface area contributed by atoms with Crippen LogP contribution in [0.1, 0.15) is 25.7 Å². The maximum absolute atomic E-state index is 3.87. The number of rotatable bonds is 3. The standard InChI is InChI=1S/C13H22P.Rh/c1-4-12-14(2,3)13-10-8-6-5-7-9-11-13;/h4-6,11H,1,7-10,12H2,2-3H3;/q+1;. The monoisotopic (exact) mass is 312 g/mol. The van der Waals surface area contributed by atoms with Gasteiger partial charge in [-0.1, -0.05) is 24.8 Å². The van der Waals surface area contributed by atoms with Crippen LogP contribution in [0, 0.1) is 0 Å². The molecule has 0 N–H and O–H groups in total. The third-order valence-corrected chi connectivity index (χ3v) is 5.94. The van der Waals surface area contributed by atoms with Gasteiger partial charge < -0.3 is 0 Å². The van der Waals surface area contributed by atoms with Crippen LogP contribution < -0.4 is 0 Å². The van der Waals surface area contributed by atoms with E-state index in [1.165, 1.54) is 31.8 Å². The van der Waals surface area contributed by atoms with Crippen molar-refractivity contribution in [1.82, 2.24) is 0 Å². The second kappa shape index (κ2) is 7.53. The average molecular weight is 312 g/mol. The molecule has 0 aromatic rings. The first-order chi connectivity index (χ1) is 6.67. The minimum absolute atomic E-state index is 0. The molecular weight excluding hydrogens is 290 g/mol. The largest absolute Gasteiger partial charge is 0.0995 e. The van der Waals surface area contributed by atoms with E-state index in [0.717, 1.165) is 0 Å². The molecule has 2 heteroatoms. The average Bonchev–Trinajstić information content (AvgIpc) is 2.01. The molecule has 0 amide bonds. The van der Waals surface area contributed by atoms with Gasteiger partial charge in [0.15, 0.2) is 0 Å². The van der Waals surface area contributed by atoms with Gasteiger partial charge >= 0.3 is 0 Å². The molecule has 0 heterocycles. The second-order valence-corrected chi connectivity index (χ2v) is 8.75. The summed E-state index contributed by atoms with van der Waals surface area (Å²) in [5, 5.41) is 1.72. The summed E-state index contributed by atoms with van der Waals surface area (Å²) in [6.45, 7) is 8.74. The van der Waals surface area contributed by atoms with E-state index in [4.69, 9.17) is 0 Å². The maximum atomic E-state index is 3.87.